The first-order valence-electron chi connectivity index (χ1n) is 7.79. The first-order chi connectivity index (χ1) is 11.6. The third-order valence-corrected chi connectivity index (χ3v) is 3.81. The standard InChI is InChI=1S/C18H18N6/c1-3-7-24-11-16(12(2)23-24)17-8-14(13-5-4-6-21-10-13)15(9-19)18(20)22-17/h4-6,8,10-11H,3,7H2,1-2H3,(H2,20,22). The molecule has 24 heavy (non-hydrogen) atoms. The Hall–Kier alpha value is -3.20. The van der Waals surface area contributed by atoms with Crippen molar-refractivity contribution in [2.45, 2.75) is 26.8 Å². The van der Waals surface area contributed by atoms with Gasteiger partial charge in [0.15, 0.2) is 0 Å². The van der Waals surface area contributed by atoms with Crippen LogP contribution in [0.1, 0.15) is 24.6 Å². The molecule has 0 amide bonds. The van der Waals surface area contributed by atoms with Gasteiger partial charge < -0.3 is 5.73 Å². The minimum atomic E-state index is 0.219. The number of nitrogen functional groups attached to an aromatic ring is 1. The van der Waals surface area contributed by atoms with E-state index in [1.807, 2.05) is 36.0 Å². The molecule has 6 heteroatoms. The lowest BCUT2D eigenvalue weighted by Gasteiger charge is -2.09. The van der Waals surface area contributed by atoms with E-state index in [4.69, 9.17) is 5.73 Å². The maximum absolute atomic E-state index is 9.44. The number of anilines is 1. The van der Waals surface area contributed by atoms with Gasteiger partial charge in [0.1, 0.15) is 17.5 Å². The monoisotopic (exact) mass is 318 g/mol. The molecule has 0 saturated heterocycles. The third-order valence-electron chi connectivity index (χ3n) is 3.81. The highest BCUT2D eigenvalue weighted by atomic mass is 15.3. The molecule has 0 saturated carbocycles. The fraction of sp³-hybridized carbons (Fsp3) is 0.222. The van der Waals surface area contributed by atoms with Gasteiger partial charge in [-0.05, 0) is 25.5 Å². The van der Waals surface area contributed by atoms with E-state index in [1.54, 1.807) is 12.4 Å². The summed E-state index contributed by atoms with van der Waals surface area (Å²) >= 11 is 0. The Bertz CT molecular complexity index is 905. The van der Waals surface area contributed by atoms with Crippen LogP contribution in [-0.4, -0.2) is 19.7 Å². The summed E-state index contributed by atoms with van der Waals surface area (Å²) in [5, 5.41) is 14.0. The molecule has 3 rings (SSSR count). The molecule has 3 heterocycles. The number of nitriles is 1. The summed E-state index contributed by atoms with van der Waals surface area (Å²) < 4.78 is 1.91. The van der Waals surface area contributed by atoms with Crippen molar-refractivity contribution in [1.29, 1.82) is 5.26 Å². The average Bonchev–Trinajstić information content (AvgIpc) is 2.96. The van der Waals surface area contributed by atoms with Crippen LogP contribution >= 0.6 is 0 Å². The molecule has 0 aliphatic carbocycles. The maximum atomic E-state index is 9.44. The van der Waals surface area contributed by atoms with Crippen molar-refractivity contribution in [2.75, 3.05) is 5.73 Å². The molecule has 0 fully saturated rings. The van der Waals surface area contributed by atoms with Crippen molar-refractivity contribution in [1.82, 2.24) is 19.7 Å². The van der Waals surface area contributed by atoms with Crippen molar-refractivity contribution in [3.8, 4) is 28.5 Å². The van der Waals surface area contributed by atoms with Crippen molar-refractivity contribution < 1.29 is 0 Å². The molecule has 0 aliphatic heterocycles. The molecule has 0 spiro atoms. The van der Waals surface area contributed by atoms with E-state index >= 15 is 0 Å². The van der Waals surface area contributed by atoms with Gasteiger partial charge in [0, 0.05) is 41.8 Å². The van der Waals surface area contributed by atoms with Crippen LogP contribution in [-0.2, 0) is 6.54 Å². The lowest BCUT2D eigenvalue weighted by atomic mass is 10.00. The molecular weight excluding hydrogens is 300 g/mol. The predicted octanol–water partition coefficient (Wildman–Crippen LogP) is 3.18. The summed E-state index contributed by atoms with van der Waals surface area (Å²) in [5.41, 5.74) is 10.5. The second-order valence-corrected chi connectivity index (χ2v) is 5.56. The van der Waals surface area contributed by atoms with Gasteiger partial charge in [-0.2, -0.15) is 10.4 Å². The first-order valence-corrected chi connectivity index (χ1v) is 7.79. The van der Waals surface area contributed by atoms with Gasteiger partial charge in [-0.25, -0.2) is 4.98 Å². The lowest BCUT2D eigenvalue weighted by molar-refractivity contribution is 0.598. The average molecular weight is 318 g/mol. The topological polar surface area (TPSA) is 93.4 Å². The summed E-state index contributed by atoms with van der Waals surface area (Å²) in [5.74, 6) is 0.219. The number of nitrogens with two attached hydrogens (primary N) is 1. The van der Waals surface area contributed by atoms with Crippen LogP contribution in [0.15, 0.2) is 36.8 Å². The van der Waals surface area contributed by atoms with E-state index in [0.29, 0.717) is 11.3 Å². The van der Waals surface area contributed by atoms with Gasteiger partial charge >= 0.3 is 0 Å². The zero-order chi connectivity index (χ0) is 17.1. The van der Waals surface area contributed by atoms with Crippen LogP contribution in [0, 0.1) is 18.3 Å². The minimum Gasteiger partial charge on any atom is -0.383 e. The number of hydrogen-bond donors (Lipinski definition) is 1. The second kappa shape index (κ2) is 6.50. The van der Waals surface area contributed by atoms with Crippen LogP contribution in [0.4, 0.5) is 5.82 Å². The van der Waals surface area contributed by atoms with Crippen LogP contribution in [0.3, 0.4) is 0 Å². The molecule has 0 bridgehead atoms. The normalized spacial score (nSPS) is 10.5. The number of aromatic nitrogens is 4. The molecule has 120 valence electrons. The quantitative estimate of drug-likeness (QED) is 0.797. The predicted molar refractivity (Wildman–Crippen MR) is 92.8 cm³/mol. The van der Waals surface area contributed by atoms with Crippen molar-refractivity contribution in [3.05, 3.63) is 48.0 Å². The molecule has 0 atom stereocenters. The molecular formula is C18H18N6. The Morgan fingerprint density at radius 1 is 1.33 bits per heavy atom. The molecule has 6 nitrogen and oxygen atoms in total. The number of rotatable bonds is 4. The van der Waals surface area contributed by atoms with Gasteiger partial charge in [-0.1, -0.05) is 13.0 Å². The highest BCUT2D eigenvalue weighted by Crippen LogP contribution is 2.31. The molecule has 0 radical (unpaired) electrons. The van der Waals surface area contributed by atoms with E-state index in [2.05, 4.69) is 28.1 Å². The lowest BCUT2D eigenvalue weighted by Crippen LogP contribution is -2.00. The Morgan fingerprint density at radius 3 is 2.83 bits per heavy atom. The molecule has 3 aromatic rings. The zero-order valence-electron chi connectivity index (χ0n) is 13.7. The molecule has 0 aromatic carbocycles. The highest BCUT2D eigenvalue weighted by Gasteiger charge is 2.16. The summed E-state index contributed by atoms with van der Waals surface area (Å²) in [6.45, 7) is 4.90. The number of pyridine rings is 2. The molecule has 3 aromatic heterocycles. The maximum Gasteiger partial charge on any atom is 0.142 e. The summed E-state index contributed by atoms with van der Waals surface area (Å²) in [7, 11) is 0. The smallest absolute Gasteiger partial charge is 0.142 e. The van der Waals surface area contributed by atoms with Gasteiger partial charge in [0.25, 0.3) is 0 Å². The Kier molecular flexibility index (Phi) is 4.25. The minimum absolute atomic E-state index is 0.219. The largest absolute Gasteiger partial charge is 0.383 e. The van der Waals surface area contributed by atoms with Crippen LogP contribution < -0.4 is 5.73 Å². The Labute approximate surface area is 140 Å². The summed E-state index contributed by atoms with van der Waals surface area (Å²) in [6.07, 6.45) is 6.39. The van der Waals surface area contributed by atoms with Gasteiger partial charge in [0.05, 0.1) is 11.4 Å². The van der Waals surface area contributed by atoms with Crippen molar-refractivity contribution in [3.63, 3.8) is 0 Å². The SMILES string of the molecule is CCCn1cc(-c2cc(-c3cccnc3)c(C#N)c(N)n2)c(C)n1. The van der Waals surface area contributed by atoms with E-state index in [0.717, 1.165) is 35.3 Å². The van der Waals surface area contributed by atoms with E-state index < -0.39 is 0 Å². The van der Waals surface area contributed by atoms with Crippen molar-refractivity contribution >= 4 is 5.82 Å². The van der Waals surface area contributed by atoms with E-state index in [9.17, 15) is 5.26 Å². The molecule has 0 unspecified atom stereocenters. The summed E-state index contributed by atoms with van der Waals surface area (Å²) in [4.78, 5) is 8.54. The number of hydrogen-bond acceptors (Lipinski definition) is 5. The van der Waals surface area contributed by atoms with Crippen LogP contribution in [0.2, 0.25) is 0 Å². The Morgan fingerprint density at radius 2 is 2.17 bits per heavy atom. The van der Waals surface area contributed by atoms with Gasteiger partial charge in [-0.15, -0.1) is 0 Å². The number of nitrogens with zero attached hydrogens (tertiary/aromatic N) is 5. The van der Waals surface area contributed by atoms with E-state index in [-0.39, 0.29) is 5.82 Å². The molecule has 0 aliphatic rings. The van der Waals surface area contributed by atoms with Crippen LogP contribution in [0.5, 0.6) is 0 Å². The first kappa shape index (κ1) is 15.7. The van der Waals surface area contributed by atoms with Crippen LogP contribution in [0.25, 0.3) is 22.4 Å². The van der Waals surface area contributed by atoms with Gasteiger partial charge in [-0.3, -0.25) is 9.67 Å². The second-order valence-electron chi connectivity index (χ2n) is 5.56. The van der Waals surface area contributed by atoms with E-state index in [1.165, 1.54) is 0 Å². The fourth-order valence-electron chi connectivity index (χ4n) is 2.68. The zero-order valence-corrected chi connectivity index (χ0v) is 13.7. The Balaban J connectivity index is 2.18. The van der Waals surface area contributed by atoms with Gasteiger partial charge in [0.2, 0.25) is 0 Å². The third kappa shape index (κ3) is 2.84. The fourth-order valence-corrected chi connectivity index (χ4v) is 2.68. The summed E-state index contributed by atoms with van der Waals surface area (Å²) in [6, 6.07) is 7.76. The molecule has 2 N–H and O–H groups in total. The highest BCUT2D eigenvalue weighted by molar-refractivity contribution is 5.80. The number of aryl methyl sites for hydroxylation is 2. The van der Waals surface area contributed by atoms with Crippen molar-refractivity contribution in [2.24, 2.45) is 0 Å².